The molecule has 0 spiro atoms. The molecule has 0 aromatic rings. The first-order valence-corrected chi connectivity index (χ1v) is 6.91. The highest BCUT2D eigenvalue weighted by atomic mass is 127. The molecule has 0 saturated heterocycles. The van der Waals surface area contributed by atoms with Crippen molar-refractivity contribution in [2.75, 3.05) is 0 Å². The van der Waals surface area contributed by atoms with Gasteiger partial charge in [0.25, 0.3) is 0 Å². The molecule has 0 heterocycles. The number of hydrogen-bond donors (Lipinski definition) is 0. The Morgan fingerprint density at radius 3 is 2.54 bits per heavy atom. The van der Waals surface area contributed by atoms with E-state index in [9.17, 15) is 0 Å². The van der Waals surface area contributed by atoms with E-state index in [1.54, 1.807) is 0 Å². The second kappa shape index (κ2) is 4.81. The fourth-order valence-electron chi connectivity index (χ4n) is 2.78. The van der Waals surface area contributed by atoms with Gasteiger partial charge in [-0.05, 0) is 37.5 Å². The van der Waals surface area contributed by atoms with Crippen LogP contribution >= 0.6 is 22.6 Å². The van der Waals surface area contributed by atoms with Gasteiger partial charge in [-0.1, -0.05) is 54.0 Å². The Bertz CT molecular complexity index is 180. The average Bonchev–Trinajstić information content (AvgIpc) is 2.19. The van der Waals surface area contributed by atoms with Crippen LogP contribution in [0.15, 0.2) is 12.2 Å². The molecule has 0 aromatic carbocycles. The summed E-state index contributed by atoms with van der Waals surface area (Å²) in [6, 6.07) is 0. The van der Waals surface area contributed by atoms with Gasteiger partial charge in [0.05, 0.1) is 0 Å². The molecule has 74 valence electrons. The second-order valence-electron chi connectivity index (χ2n) is 4.56. The van der Waals surface area contributed by atoms with Crippen LogP contribution < -0.4 is 0 Å². The van der Waals surface area contributed by atoms with E-state index in [4.69, 9.17) is 0 Å². The summed E-state index contributed by atoms with van der Waals surface area (Å²) in [6.45, 7) is 0. The van der Waals surface area contributed by atoms with Crippen molar-refractivity contribution in [3.8, 4) is 0 Å². The third-order valence-corrected chi connectivity index (χ3v) is 4.58. The summed E-state index contributed by atoms with van der Waals surface area (Å²) in [6.07, 6.45) is 15.1. The van der Waals surface area contributed by atoms with Crippen molar-refractivity contribution in [1.82, 2.24) is 0 Å². The first-order valence-electron chi connectivity index (χ1n) is 5.67. The molecule has 0 aliphatic heterocycles. The van der Waals surface area contributed by atoms with Crippen molar-refractivity contribution in [1.29, 1.82) is 0 Å². The third-order valence-electron chi connectivity index (χ3n) is 3.56. The van der Waals surface area contributed by atoms with E-state index < -0.39 is 0 Å². The van der Waals surface area contributed by atoms with E-state index in [0.717, 1.165) is 15.8 Å². The Hall–Kier alpha value is 0.470. The monoisotopic (exact) mass is 290 g/mol. The highest BCUT2D eigenvalue weighted by molar-refractivity contribution is 14.1. The van der Waals surface area contributed by atoms with Crippen LogP contribution in [0.25, 0.3) is 0 Å². The van der Waals surface area contributed by atoms with Crippen LogP contribution in [0.3, 0.4) is 0 Å². The summed E-state index contributed by atoms with van der Waals surface area (Å²) in [5.41, 5.74) is 0. The van der Waals surface area contributed by atoms with Crippen LogP contribution in [0.1, 0.15) is 44.9 Å². The van der Waals surface area contributed by atoms with Gasteiger partial charge >= 0.3 is 0 Å². The summed E-state index contributed by atoms with van der Waals surface area (Å²) >= 11 is 2.62. The van der Waals surface area contributed by atoms with Gasteiger partial charge in [-0.15, -0.1) is 0 Å². The molecule has 0 bridgehead atoms. The van der Waals surface area contributed by atoms with E-state index in [1.165, 1.54) is 44.9 Å². The Balaban J connectivity index is 1.91. The highest BCUT2D eigenvalue weighted by Gasteiger charge is 2.25. The van der Waals surface area contributed by atoms with Crippen molar-refractivity contribution in [2.45, 2.75) is 48.9 Å². The molecule has 0 N–H and O–H groups in total. The minimum absolute atomic E-state index is 0.912. The zero-order chi connectivity index (χ0) is 9.10. The molecular weight excluding hydrogens is 271 g/mol. The Labute approximate surface area is 95.3 Å². The van der Waals surface area contributed by atoms with Crippen molar-refractivity contribution < 1.29 is 0 Å². The number of rotatable bonds is 1. The zero-order valence-corrected chi connectivity index (χ0v) is 10.4. The lowest BCUT2D eigenvalue weighted by Gasteiger charge is -2.31. The minimum atomic E-state index is 0.912. The number of halogens is 1. The van der Waals surface area contributed by atoms with Crippen LogP contribution in [0.4, 0.5) is 0 Å². The molecule has 0 aromatic heterocycles. The maximum absolute atomic E-state index is 2.62. The molecular formula is C12H19I. The standard InChI is InChI=1S/C12H19I/c13-12-8-4-7-11(9-12)10-5-2-1-3-6-10/h4,7,10-12H,1-3,5-6,8-9H2. The molecule has 1 heteroatoms. The number of hydrogen-bond acceptors (Lipinski definition) is 0. The highest BCUT2D eigenvalue weighted by Crippen LogP contribution is 2.36. The molecule has 0 nitrogen and oxygen atoms in total. The lowest BCUT2D eigenvalue weighted by atomic mass is 9.76. The molecule has 2 rings (SSSR count). The van der Waals surface area contributed by atoms with Gasteiger partial charge in [-0.2, -0.15) is 0 Å². The van der Waals surface area contributed by atoms with Gasteiger partial charge in [0.1, 0.15) is 0 Å². The Morgan fingerprint density at radius 2 is 1.85 bits per heavy atom. The van der Waals surface area contributed by atoms with Gasteiger partial charge in [-0.25, -0.2) is 0 Å². The van der Waals surface area contributed by atoms with E-state index in [2.05, 4.69) is 34.7 Å². The predicted molar refractivity (Wildman–Crippen MR) is 66.2 cm³/mol. The Kier molecular flexibility index (Phi) is 3.70. The molecule has 2 aliphatic rings. The average molecular weight is 290 g/mol. The fraction of sp³-hybridized carbons (Fsp3) is 0.833. The van der Waals surface area contributed by atoms with E-state index >= 15 is 0 Å². The molecule has 2 unspecified atom stereocenters. The van der Waals surface area contributed by atoms with Gasteiger partial charge in [-0.3, -0.25) is 0 Å². The topological polar surface area (TPSA) is 0 Å². The number of alkyl halides is 1. The summed E-state index contributed by atoms with van der Waals surface area (Å²) in [7, 11) is 0. The molecule has 2 atom stereocenters. The van der Waals surface area contributed by atoms with Crippen LogP contribution in [0, 0.1) is 11.8 Å². The summed E-state index contributed by atoms with van der Waals surface area (Å²) in [5.74, 6) is 1.96. The zero-order valence-electron chi connectivity index (χ0n) is 8.21. The molecule has 2 aliphatic carbocycles. The first kappa shape index (κ1) is 10.0. The molecule has 1 fully saturated rings. The molecule has 1 saturated carbocycles. The van der Waals surface area contributed by atoms with Gasteiger partial charge < -0.3 is 0 Å². The van der Waals surface area contributed by atoms with Crippen molar-refractivity contribution in [2.24, 2.45) is 11.8 Å². The lowest BCUT2D eigenvalue weighted by Crippen LogP contribution is -2.21. The largest absolute Gasteiger partial charge is 0.0872 e. The van der Waals surface area contributed by atoms with E-state index in [-0.39, 0.29) is 0 Å². The molecule has 0 radical (unpaired) electrons. The lowest BCUT2D eigenvalue weighted by molar-refractivity contribution is 0.271. The number of allylic oxidation sites excluding steroid dienone is 2. The van der Waals surface area contributed by atoms with E-state index in [1.807, 2.05) is 0 Å². The molecule has 0 amide bonds. The van der Waals surface area contributed by atoms with Crippen LogP contribution in [0.2, 0.25) is 0 Å². The summed E-state index contributed by atoms with van der Waals surface area (Å²) in [5, 5.41) is 0. The van der Waals surface area contributed by atoms with Crippen molar-refractivity contribution in [3.63, 3.8) is 0 Å². The van der Waals surface area contributed by atoms with Crippen LogP contribution in [0.5, 0.6) is 0 Å². The van der Waals surface area contributed by atoms with Crippen molar-refractivity contribution in [3.05, 3.63) is 12.2 Å². The van der Waals surface area contributed by atoms with Crippen molar-refractivity contribution >= 4 is 22.6 Å². The SMILES string of the molecule is IC1CC=CC(C2CCCCC2)C1. The Morgan fingerprint density at radius 1 is 1.08 bits per heavy atom. The summed E-state index contributed by atoms with van der Waals surface area (Å²) in [4.78, 5) is 0. The maximum atomic E-state index is 2.62. The minimum Gasteiger partial charge on any atom is -0.0872 e. The smallest absolute Gasteiger partial charge is 0.0150 e. The predicted octanol–water partition coefficient (Wildman–Crippen LogP) is 4.34. The molecule has 13 heavy (non-hydrogen) atoms. The quantitative estimate of drug-likeness (QED) is 0.383. The second-order valence-corrected chi connectivity index (χ2v) is 6.32. The van der Waals surface area contributed by atoms with Crippen LogP contribution in [-0.2, 0) is 0 Å². The third kappa shape index (κ3) is 2.71. The summed E-state index contributed by atoms with van der Waals surface area (Å²) < 4.78 is 0.912. The van der Waals surface area contributed by atoms with Gasteiger partial charge in [0, 0.05) is 3.92 Å². The first-order chi connectivity index (χ1) is 6.36. The van der Waals surface area contributed by atoms with Gasteiger partial charge in [0.2, 0.25) is 0 Å². The fourth-order valence-corrected chi connectivity index (χ4v) is 3.66. The maximum Gasteiger partial charge on any atom is 0.0150 e. The van der Waals surface area contributed by atoms with Crippen LogP contribution in [-0.4, -0.2) is 3.92 Å². The van der Waals surface area contributed by atoms with E-state index in [0.29, 0.717) is 0 Å². The normalized spacial score (nSPS) is 36.4. The van der Waals surface area contributed by atoms with Gasteiger partial charge in [0.15, 0.2) is 0 Å².